The van der Waals surface area contributed by atoms with Crippen LogP contribution in [-0.4, -0.2) is 56.3 Å². The van der Waals surface area contributed by atoms with Gasteiger partial charge >= 0.3 is 0 Å². The van der Waals surface area contributed by atoms with E-state index in [4.69, 9.17) is 14.2 Å². The number of amides is 2. The highest BCUT2D eigenvalue weighted by Crippen LogP contribution is 2.50. The zero-order valence-corrected chi connectivity index (χ0v) is 25.7. The summed E-state index contributed by atoms with van der Waals surface area (Å²) >= 11 is 1.59. The number of nitrogens with one attached hydrogen (secondary N) is 3. The highest BCUT2D eigenvalue weighted by Gasteiger charge is 2.30. The number of ether oxygens (including phenoxy) is 3. The topological polar surface area (TPSA) is 135 Å². The molecule has 0 saturated carbocycles. The summed E-state index contributed by atoms with van der Waals surface area (Å²) in [6, 6.07) is 12.0. The number of rotatable bonds is 11. The van der Waals surface area contributed by atoms with Gasteiger partial charge in [-0.2, -0.15) is 11.8 Å². The van der Waals surface area contributed by atoms with Gasteiger partial charge in [0.1, 0.15) is 11.8 Å². The average molecular weight is 608 g/mol. The standard InChI is InChI=1S/C32H37N3O7S/c1-18(36)33-24-11-9-19-15-28(40-2)30(41-3)31(42-4)29(19)22-10-12-25(27(38)17-23(22)24)35-26(13-14-43-5)32(39)34-20-7-6-8-21(37)16-20/h6-8,10,12,15-17,24,26,37H,9,11,13-14H2,1-5H3,(H,33,36)(H,34,39)(H,35,38)/t24-,26-/m0/s1. The lowest BCUT2D eigenvalue weighted by Crippen LogP contribution is -2.36. The van der Waals surface area contributed by atoms with Crippen LogP contribution in [0.5, 0.6) is 23.0 Å². The Bertz CT molecular complexity index is 1560. The first kappa shape index (κ1) is 31.6. The summed E-state index contributed by atoms with van der Waals surface area (Å²) < 4.78 is 17.1. The third-order valence-electron chi connectivity index (χ3n) is 7.29. The number of thioether (sulfide) groups is 1. The summed E-state index contributed by atoms with van der Waals surface area (Å²) in [5.41, 5.74) is 3.32. The van der Waals surface area contributed by atoms with Crippen LogP contribution in [0, 0.1) is 0 Å². The van der Waals surface area contributed by atoms with Crippen LogP contribution in [0.2, 0.25) is 0 Å². The van der Waals surface area contributed by atoms with E-state index in [1.54, 1.807) is 44.2 Å². The first-order chi connectivity index (χ1) is 20.7. The number of carbonyl (C=O) groups excluding carboxylic acids is 2. The Morgan fingerprint density at radius 3 is 2.47 bits per heavy atom. The molecule has 0 fully saturated rings. The minimum Gasteiger partial charge on any atom is -0.508 e. The first-order valence-corrected chi connectivity index (χ1v) is 15.2. The molecule has 4 rings (SSSR count). The fraction of sp³-hybridized carbons (Fsp3) is 0.344. The molecule has 0 aromatic heterocycles. The molecule has 10 nitrogen and oxygen atoms in total. The number of aryl methyl sites for hydroxylation is 1. The third kappa shape index (κ3) is 7.16. The predicted molar refractivity (Wildman–Crippen MR) is 170 cm³/mol. The monoisotopic (exact) mass is 607 g/mol. The molecule has 228 valence electrons. The maximum atomic E-state index is 13.7. The quantitative estimate of drug-likeness (QED) is 0.244. The molecule has 11 heteroatoms. The molecule has 0 spiro atoms. The van der Waals surface area contributed by atoms with Crippen molar-refractivity contribution in [2.45, 2.75) is 38.3 Å². The number of benzene rings is 2. The molecule has 3 aromatic rings. The fourth-order valence-corrected chi connectivity index (χ4v) is 5.80. The van der Waals surface area contributed by atoms with Crippen LogP contribution in [0.15, 0.2) is 53.3 Å². The Balaban J connectivity index is 1.84. The average Bonchev–Trinajstić information content (AvgIpc) is 3.22. The van der Waals surface area contributed by atoms with Gasteiger partial charge in [-0.15, -0.1) is 0 Å². The zero-order valence-electron chi connectivity index (χ0n) is 24.9. The van der Waals surface area contributed by atoms with Crippen LogP contribution in [0.1, 0.15) is 36.9 Å². The van der Waals surface area contributed by atoms with Crippen molar-refractivity contribution in [1.29, 1.82) is 0 Å². The van der Waals surface area contributed by atoms with Gasteiger partial charge in [0.15, 0.2) is 11.5 Å². The molecular formula is C32H37N3O7S. The summed E-state index contributed by atoms with van der Waals surface area (Å²) in [5.74, 6) is 1.53. The van der Waals surface area contributed by atoms with Crippen molar-refractivity contribution in [1.82, 2.24) is 5.32 Å². The Morgan fingerprint density at radius 2 is 1.81 bits per heavy atom. The molecule has 43 heavy (non-hydrogen) atoms. The van der Waals surface area contributed by atoms with Crippen molar-refractivity contribution < 1.29 is 28.9 Å². The summed E-state index contributed by atoms with van der Waals surface area (Å²) in [6.45, 7) is 1.44. The highest BCUT2D eigenvalue weighted by atomic mass is 32.2. The lowest BCUT2D eigenvalue weighted by molar-refractivity contribution is -0.120. The number of anilines is 2. The number of phenols is 1. The molecule has 4 N–H and O–H groups in total. The third-order valence-corrected chi connectivity index (χ3v) is 7.93. The van der Waals surface area contributed by atoms with Gasteiger partial charge in [-0.1, -0.05) is 12.1 Å². The maximum Gasteiger partial charge on any atom is 0.246 e. The Hall–Kier alpha value is -4.38. The number of carbonyl (C=O) groups is 2. The van der Waals surface area contributed by atoms with Gasteiger partial charge in [-0.05, 0) is 78.3 Å². The molecule has 0 saturated heterocycles. The number of hydrogen-bond donors (Lipinski definition) is 4. The van der Waals surface area contributed by atoms with Gasteiger partial charge in [-0.3, -0.25) is 14.4 Å². The van der Waals surface area contributed by atoms with Crippen LogP contribution in [0.4, 0.5) is 11.4 Å². The minimum absolute atomic E-state index is 0.0311. The van der Waals surface area contributed by atoms with Crippen molar-refractivity contribution in [3.05, 3.63) is 69.9 Å². The normalized spacial score (nSPS) is 14.3. The maximum absolute atomic E-state index is 13.7. The van der Waals surface area contributed by atoms with E-state index in [-0.39, 0.29) is 28.7 Å². The van der Waals surface area contributed by atoms with Crippen LogP contribution < -0.4 is 35.6 Å². The van der Waals surface area contributed by atoms with Gasteiger partial charge in [0.25, 0.3) is 0 Å². The van der Waals surface area contributed by atoms with Gasteiger partial charge in [0.2, 0.25) is 23.0 Å². The molecular weight excluding hydrogens is 570 g/mol. The molecule has 0 bridgehead atoms. The summed E-state index contributed by atoms with van der Waals surface area (Å²) in [5, 5.41) is 18.8. The lowest BCUT2D eigenvalue weighted by Gasteiger charge is -2.19. The summed E-state index contributed by atoms with van der Waals surface area (Å²) in [4.78, 5) is 39.3. The van der Waals surface area contributed by atoms with E-state index in [0.717, 1.165) is 11.1 Å². The second-order valence-corrected chi connectivity index (χ2v) is 11.1. The molecule has 0 unspecified atom stereocenters. The van der Waals surface area contributed by atoms with Gasteiger partial charge in [0.05, 0.1) is 33.1 Å². The van der Waals surface area contributed by atoms with E-state index in [9.17, 15) is 19.5 Å². The predicted octanol–water partition coefficient (Wildman–Crippen LogP) is 4.74. The van der Waals surface area contributed by atoms with Crippen molar-refractivity contribution in [2.75, 3.05) is 44.0 Å². The Kier molecular flexibility index (Phi) is 10.4. The second kappa shape index (κ2) is 14.2. The molecule has 1 aliphatic carbocycles. The van der Waals surface area contributed by atoms with Gasteiger partial charge in [0, 0.05) is 24.2 Å². The molecule has 1 aliphatic rings. The number of aromatic hydroxyl groups is 1. The van der Waals surface area contributed by atoms with E-state index < -0.39 is 12.1 Å². The molecule has 2 amide bonds. The first-order valence-electron chi connectivity index (χ1n) is 13.8. The van der Waals surface area contributed by atoms with Crippen molar-refractivity contribution >= 4 is 35.0 Å². The summed E-state index contributed by atoms with van der Waals surface area (Å²) in [6.07, 6.45) is 3.51. The van der Waals surface area contributed by atoms with Crippen molar-refractivity contribution in [3.63, 3.8) is 0 Å². The van der Waals surface area contributed by atoms with Gasteiger partial charge in [-0.25, -0.2) is 0 Å². The molecule has 0 aliphatic heterocycles. The minimum atomic E-state index is -0.734. The number of methoxy groups -OCH3 is 3. The number of phenolic OH excluding ortho intramolecular Hbond substituents is 1. The number of fused-ring (bicyclic) bond motifs is 3. The zero-order chi connectivity index (χ0) is 31.1. The highest BCUT2D eigenvalue weighted by molar-refractivity contribution is 7.98. The van der Waals surface area contributed by atoms with Crippen LogP contribution in [-0.2, 0) is 16.0 Å². The second-order valence-electron chi connectivity index (χ2n) is 10.1. The molecule has 2 atom stereocenters. The summed E-state index contributed by atoms with van der Waals surface area (Å²) in [7, 11) is 4.63. The number of hydrogen-bond acceptors (Lipinski definition) is 9. The molecule has 3 aromatic carbocycles. The SMILES string of the molecule is COc1cc2c(c(OC)c1OC)-c1ccc(N[C@@H](CCSC)C(=O)Nc3cccc(O)c3)c(=O)cc1[C@@H](NC(C)=O)CC2. The van der Waals surface area contributed by atoms with Crippen LogP contribution in [0.3, 0.4) is 0 Å². The van der Waals surface area contributed by atoms with E-state index in [0.29, 0.717) is 59.1 Å². The van der Waals surface area contributed by atoms with Crippen LogP contribution in [0.25, 0.3) is 11.1 Å². The Morgan fingerprint density at radius 1 is 1.05 bits per heavy atom. The van der Waals surface area contributed by atoms with Crippen molar-refractivity contribution in [2.24, 2.45) is 0 Å². The van der Waals surface area contributed by atoms with Gasteiger partial charge < -0.3 is 35.3 Å². The molecule has 0 radical (unpaired) electrons. The molecule has 0 heterocycles. The van der Waals surface area contributed by atoms with E-state index in [2.05, 4.69) is 16.0 Å². The Labute approximate surface area is 255 Å². The smallest absolute Gasteiger partial charge is 0.246 e. The fourth-order valence-electron chi connectivity index (χ4n) is 5.33. The van der Waals surface area contributed by atoms with Crippen LogP contribution >= 0.6 is 11.8 Å². The van der Waals surface area contributed by atoms with E-state index in [1.807, 2.05) is 18.4 Å². The van der Waals surface area contributed by atoms with Crippen molar-refractivity contribution in [3.8, 4) is 34.1 Å². The lowest BCUT2D eigenvalue weighted by atomic mass is 9.95. The van der Waals surface area contributed by atoms with E-state index in [1.165, 1.54) is 32.2 Å². The van der Waals surface area contributed by atoms with E-state index >= 15 is 0 Å². The largest absolute Gasteiger partial charge is 0.508 e.